The Balaban J connectivity index is 2.05. The van der Waals surface area contributed by atoms with Crippen LogP contribution in [0.25, 0.3) is 0 Å². The quantitative estimate of drug-likeness (QED) is 0.760. The SMILES string of the molecule is CCNC(CN1CCC(C)C(C)C1)(C(N)=O)C1CC1. The van der Waals surface area contributed by atoms with Crippen molar-refractivity contribution < 1.29 is 4.79 Å². The molecule has 0 aromatic heterocycles. The summed E-state index contributed by atoms with van der Waals surface area (Å²) in [5.74, 6) is 1.78. The van der Waals surface area contributed by atoms with Gasteiger partial charge >= 0.3 is 0 Å². The van der Waals surface area contributed by atoms with Crippen molar-refractivity contribution in [2.45, 2.75) is 45.6 Å². The highest BCUT2D eigenvalue weighted by Gasteiger charge is 2.50. The van der Waals surface area contributed by atoms with Gasteiger partial charge in [0.2, 0.25) is 5.91 Å². The Bertz CT molecular complexity index is 329. The molecule has 1 saturated heterocycles. The van der Waals surface area contributed by atoms with Gasteiger partial charge in [-0.05, 0) is 50.1 Å². The van der Waals surface area contributed by atoms with Gasteiger partial charge < -0.3 is 16.0 Å². The van der Waals surface area contributed by atoms with Gasteiger partial charge in [0.1, 0.15) is 5.54 Å². The molecule has 1 aliphatic heterocycles. The van der Waals surface area contributed by atoms with Crippen molar-refractivity contribution in [1.29, 1.82) is 0 Å². The number of likely N-dealkylation sites (N-methyl/N-ethyl adjacent to an activating group) is 1. The molecule has 4 heteroatoms. The van der Waals surface area contributed by atoms with Crippen molar-refractivity contribution in [3.63, 3.8) is 0 Å². The summed E-state index contributed by atoms with van der Waals surface area (Å²) >= 11 is 0. The molecule has 0 aromatic rings. The van der Waals surface area contributed by atoms with Crippen LogP contribution in [0.1, 0.15) is 40.0 Å². The number of rotatable bonds is 6. The molecule has 0 spiro atoms. The predicted octanol–water partition coefficient (Wildman–Crippen LogP) is 1.21. The Labute approximate surface area is 117 Å². The number of primary amides is 1. The summed E-state index contributed by atoms with van der Waals surface area (Å²) in [4.78, 5) is 14.5. The van der Waals surface area contributed by atoms with Crippen LogP contribution in [0.5, 0.6) is 0 Å². The van der Waals surface area contributed by atoms with E-state index in [1.807, 2.05) is 0 Å². The number of carbonyl (C=O) groups excluding carboxylic acids is 1. The lowest BCUT2D eigenvalue weighted by molar-refractivity contribution is -0.126. The lowest BCUT2D eigenvalue weighted by atomic mass is 9.85. The molecule has 1 aliphatic carbocycles. The molecule has 110 valence electrons. The van der Waals surface area contributed by atoms with Crippen molar-refractivity contribution in [2.75, 3.05) is 26.2 Å². The van der Waals surface area contributed by atoms with E-state index < -0.39 is 5.54 Å². The predicted molar refractivity (Wildman–Crippen MR) is 77.7 cm³/mol. The van der Waals surface area contributed by atoms with E-state index in [0.29, 0.717) is 11.8 Å². The number of nitrogens with one attached hydrogen (secondary N) is 1. The topological polar surface area (TPSA) is 58.4 Å². The maximum Gasteiger partial charge on any atom is 0.239 e. The van der Waals surface area contributed by atoms with Crippen LogP contribution in [0.4, 0.5) is 0 Å². The fourth-order valence-corrected chi connectivity index (χ4v) is 3.43. The summed E-state index contributed by atoms with van der Waals surface area (Å²) in [6.45, 7) is 10.5. The largest absolute Gasteiger partial charge is 0.368 e. The fraction of sp³-hybridized carbons (Fsp3) is 0.933. The Kier molecular flexibility index (Phi) is 4.51. The van der Waals surface area contributed by atoms with Crippen LogP contribution in [0, 0.1) is 17.8 Å². The minimum atomic E-state index is -0.491. The van der Waals surface area contributed by atoms with E-state index >= 15 is 0 Å². The summed E-state index contributed by atoms with van der Waals surface area (Å²) in [6.07, 6.45) is 3.50. The molecule has 19 heavy (non-hydrogen) atoms. The average Bonchev–Trinajstić information content (AvgIpc) is 3.17. The van der Waals surface area contributed by atoms with Crippen molar-refractivity contribution in [3.8, 4) is 0 Å². The van der Waals surface area contributed by atoms with Crippen molar-refractivity contribution in [3.05, 3.63) is 0 Å². The monoisotopic (exact) mass is 267 g/mol. The van der Waals surface area contributed by atoms with Crippen molar-refractivity contribution >= 4 is 5.91 Å². The lowest BCUT2D eigenvalue weighted by Gasteiger charge is -2.41. The van der Waals surface area contributed by atoms with Gasteiger partial charge in [-0.3, -0.25) is 4.79 Å². The third kappa shape index (κ3) is 3.11. The van der Waals surface area contributed by atoms with E-state index in [1.54, 1.807) is 0 Å². The molecule has 2 aliphatic rings. The first kappa shape index (κ1) is 14.8. The minimum Gasteiger partial charge on any atom is -0.368 e. The van der Waals surface area contributed by atoms with Gasteiger partial charge in [-0.25, -0.2) is 0 Å². The van der Waals surface area contributed by atoms with Gasteiger partial charge in [-0.1, -0.05) is 20.8 Å². The highest BCUT2D eigenvalue weighted by molar-refractivity contribution is 5.86. The molecule has 3 unspecified atom stereocenters. The Hall–Kier alpha value is -0.610. The van der Waals surface area contributed by atoms with Crippen LogP contribution in [-0.4, -0.2) is 42.5 Å². The Morgan fingerprint density at radius 1 is 1.32 bits per heavy atom. The fourth-order valence-electron chi connectivity index (χ4n) is 3.43. The van der Waals surface area contributed by atoms with E-state index in [9.17, 15) is 4.79 Å². The molecule has 0 aromatic carbocycles. The molecular weight excluding hydrogens is 238 g/mol. The second kappa shape index (κ2) is 5.80. The maximum absolute atomic E-state index is 12.0. The van der Waals surface area contributed by atoms with Crippen LogP contribution >= 0.6 is 0 Å². The molecule has 2 fully saturated rings. The second-order valence-electron chi connectivity index (χ2n) is 6.62. The number of hydrogen-bond donors (Lipinski definition) is 2. The van der Waals surface area contributed by atoms with E-state index in [-0.39, 0.29) is 5.91 Å². The zero-order valence-corrected chi connectivity index (χ0v) is 12.6. The van der Waals surface area contributed by atoms with E-state index in [4.69, 9.17) is 5.73 Å². The molecule has 0 bridgehead atoms. The smallest absolute Gasteiger partial charge is 0.239 e. The first-order chi connectivity index (χ1) is 8.99. The van der Waals surface area contributed by atoms with Crippen LogP contribution in [0.15, 0.2) is 0 Å². The first-order valence-electron chi connectivity index (χ1n) is 7.77. The summed E-state index contributed by atoms with van der Waals surface area (Å²) in [5.41, 5.74) is 5.26. The zero-order chi connectivity index (χ0) is 14.0. The third-order valence-electron chi connectivity index (χ3n) is 5.10. The summed E-state index contributed by atoms with van der Waals surface area (Å²) in [7, 11) is 0. The summed E-state index contributed by atoms with van der Waals surface area (Å²) in [6, 6.07) is 0. The van der Waals surface area contributed by atoms with Crippen LogP contribution < -0.4 is 11.1 Å². The average molecular weight is 267 g/mol. The summed E-state index contributed by atoms with van der Waals surface area (Å²) < 4.78 is 0. The molecule has 3 atom stereocenters. The molecule has 1 saturated carbocycles. The van der Waals surface area contributed by atoms with E-state index in [1.165, 1.54) is 6.42 Å². The number of carbonyl (C=O) groups is 1. The number of hydrogen-bond acceptors (Lipinski definition) is 3. The number of likely N-dealkylation sites (tertiary alicyclic amines) is 1. The van der Waals surface area contributed by atoms with E-state index in [0.717, 1.165) is 44.9 Å². The number of piperidine rings is 1. The number of nitrogens with zero attached hydrogens (tertiary/aromatic N) is 1. The lowest BCUT2D eigenvalue weighted by Crippen LogP contribution is -2.64. The molecule has 4 nitrogen and oxygen atoms in total. The van der Waals surface area contributed by atoms with Crippen LogP contribution in [0.3, 0.4) is 0 Å². The van der Waals surface area contributed by atoms with Crippen LogP contribution in [0.2, 0.25) is 0 Å². The number of amides is 1. The van der Waals surface area contributed by atoms with Gasteiger partial charge in [-0.15, -0.1) is 0 Å². The van der Waals surface area contributed by atoms with Crippen molar-refractivity contribution in [2.24, 2.45) is 23.5 Å². The normalized spacial score (nSPS) is 31.9. The minimum absolute atomic E-state index is 0.164. The second-order valence-corrected chi connectivity index (χ2v) is 6.62. The van der Waals surface area contributed by atoms with Gasteiger partial charge in [-0.2, -0.15) is 0 Å². The molecule has 0 radical (unpaired) electrons. The third-order valence-corrected chi connectivity index (χ3v) is 5.10. The number of nitrogens with two attached hydrogens (primary N) is 1. The molecule has 1 heterocycles. The maximum atomic E-state index is 12.0. The standard InChI is InChI=1S/C15H29N3O/c1-4-17-15(14(16)19,13-5-6-13)10-18-8-7-11(2)12(3)9-18/h11-13,17H,4-10H2,1-3H3,(H2,16,19). The van der Waals surface area contributed by atoms with Crippen molar-refractivity contribution in [1.82, 2.24) is 10.2 Å². The first-order valence-corrected chi connectivity index (χ1v) is 7.77. The Morgan fingerprint density at radius 2 is 2.00 bits per heavy atom. The summed E-state index contributed by atoms with van der Waals surface area (Å²) in [5, 5.41) is 3.41. The zero-order valence-electron chi connectivity index (χ0n) is 12.6. The van der Waals surface area contributed by atoms with Gasteiger partial charge in [0.25, 0.3) is 0 Å². The molecule has 1 amide bonds. The molecule has 2 rings (SSSR count). The molecular formula is C15H29N3O. The Morgan fingerprint density at radius 3 is 2.47 bits per heavy atom. The van der Waals surface area contributed by atoms with Gasteiger partial charge in [0, 0.05) is 13.1 Å². The van der Waals surface area contributed by atoms with Crippen LogP contribution in [-0.2, 0) is 4.79 Å². The molecule has 3 N–H and O–H groups in total. The highest BCUT2D eigenvalue weighted by Crippen LogP contribution is 2.40. The van der Waals surface area contributed by atoms with Gasteiger partial charge in [0.15, 0.2) is 0 Å². The van der Waals surface area contributed by atoms with Gasteiger partial charge in [0.05, 0.1) is 0 Å². The van der Waals surface area contributed by atoms with E-state index in [2.05, 4.69) is 31.0 Å². The highest BCUT2D eigenvalue weighted by atomic mass is 16.1.